The third kappa shape index (κ3) is 2.82. The number of ether oxygens (including phenoxy) is 2. The number of aryl methyl sites for hydroxylation is 2. The Hall–Kier alpha value is -2.21. The van der Waals surface area contributed by atoms with E-state index in [2.05, 4.69) is 6.07 Å². The second-order valence-corrected chi connectivity index (χ2v) is 7.69. The average molecular weight is 347 g/mol. The van der Waals surface area contributed by atoms with Gasteiger partial charge in [-0.15, -0.1) is 0 Å². The molecule has 0 aromatic heterocycles. The van der Waals surface area contributed by atoms with Crippen molar-refractivity contribution in [2.75, 3.05) is 25.1 Å². The highest BCUT2D eigenvalue weighted by atomic mass is 32.2. The monoisotopic (exact) mass is 347 g/mol. The summed E-state index contributed by atoms with van der Waals surface area (Å²) in [6, 6.07) is 10.6. The van der Waals surface area contributed by atoms with Crippen LogP contribution in [-0.4, -0.2) is 29.2 Å². The first kappa shape index (κ1) is 16.6. The minimum Gasteiger partial charge on any atom is -0.493 e. The van der Waals surface area contributed by atoms with Crippen LogP contribution in [0, 0.1) is 6.92 Å². The van der Waals surface area contributed by atoms with Gasteiger partial charge in [0.25, 0.3) is 10.0 Å². The molecule has 128 valence electrons. The first-order valence-corrected chi connectivity index (χ1v) is 9.25. The molecule has 2 aromatic rings. The summed E-state index contributed by atoms with van der Waals surface area (Å²) < 4.78 is 38.2. The number of sulfonamides is 1. The minimum absolute atomic E-state index is 0.202. The molecule has 1 heterocycles. The molecule has 6 heteroatoms. The van der Waals surface area contributed by atoms with Crippen LogP contribution in [0.4, 0.5) is 5.69 Å². The first-order valence-electron chi connectivity index (χ1n) is 7.81. The third-order valence-electron chi connectivity index (χ3n) is 4.25. The fourth-order valence-corrected chi connectivity index (χ4v) is 4.60. The largest absolute Gasteiger partial charge is 0.493 e. The number of fused-ring (bicyclic) bond motifs is 1. The Balaban J connectivity index is 2.07. The maximum Gasteiger partial charge on any atom is 0.264 e. The smallest absolute Gasteiger partial charge is 0.264 e. The topological polar surface area (TPSA) is 55.8 Å². The molecule has 1 aliphatic heterocycles. The molecule has 5 nitrogen and oxygen atoms in total. The van der Waals surface area contributed by atoms with Gasteiger partial charge in [0.2, 0.25) is 0 Å². The SMILES string of the molecule is COc1ccc(S(=O)(=O)N2CCCc3cc(C)ccc32)cc1OC. The third-order valence-corrected chi connectivity index (χ3v) is 6.06. The van der Waals surface area contributed by atoms with Crippen LogP contribution in [0.2, 0.25) is 0 Å². The van der Waals surface area contributed by atoms with Crippen LogP contribution < -0.4 is 13.8 Å². The quantitative estimate of drug-likeness (QED) is 0.852. The molecule has 2 aromatic carbocycles. The van der Waals surface area contributed by atoms with E-state index in [4.69, 9.17) is 9.47 Å². The summed E-state index contributed by atoms with van der Waals surface area (Å²) in [5.41, 5.74) is 2.98. The molecule has 3 rings (SSSR count). The molecule has 0 saturated heterocycles. The summed E-state index contributed by atoms with van der Waals surface area (Å²) in [4.78, 5) is 0.202. The van der Waals surface area contributed by atoms with Crippen molar-refractivity contribution in [1.29, 1.82) is 0 Å². The minimum atomic E-state index is -3.65. The van der Waals surface area contributed by atoms with E-state index in [-0.39, 0.29) is 4.90 Å². The predicted molar refractivity (Wildman–Crippen MR) is 93.6 cm³/mol. The van der Waals surface area contributed by atoms with Crippen LogP contribution in [0.25, 0.3) is 0 Å². The van der Waals surface area contributed by atoms with Crippen molar-refractivity contribution in [2.45, 2.75) is 24.7 Å². The molecule has 0 atom stereocenters. The molecule has 0 aliphatic carbocycles. The molecule has 0 bridgehead atoms. The van der Waals surface area contributed by atoms with Gasteiger partial charge in [0, 0.05) is 12.6 Å². The van der Waals surface area contributed by atoms with Crippen molar-refractivity contribution in [2.24, 2.45) is 0 Å². The van der Waals surface area contributed by atoms with Crippen molar-refractivity contribution >= 4 is 15.7 Å². The fourth-order valence-electron chi connectivity index (χ4n) is 3.05. The fraction of sp³-hybridized carbons (Fsp3) is 0.333. The Bertz CT molecular complexity index is 861. The van der Waals surface area contributed by atoms with E-state index < -0.39 is 10.0 Å². The lowest BCUT2D eigenvalue weighted by molar-refractivity contribution is 0.354. The zero-order valence-electron chi connectivity index (χ0n) is 14.1. The van der Waals surface area contributed by atoms with E-state index in [1.165, 1.54) is 24.6 Å². The van der Waals surface area contributed by atoms with Gasteiger partial charge in [-0.1, -0.05) is 17.7 Å². The lowest BCUT2D eigenvalue weighted by Crippen LogP contribution is -2.35. The lowest BCUT2D eigenvalue weighted by atomic mass is 10.0. The molecule has 0 saturated carbocycles. The van der Waals surface area contributed by atoms with Crippen LogP contribution in [0.15, 0.2) is 41.3 Å². The molecular formula is C18H21NO4S. The van der Waals surface area contributed by atoms with E-state index in [9.17, 15) is 8.42 Å². The Morgan fingerprint density at radius 3 is 2.46 bits per heavy atom. The van der Waals surface area contributed by atoms with Crippen molar-refractivity contribution in [1.82, 2.24) is 0 Å². The Labute approximate surface area is 142 Å². The van der Waals surface area contributed by atoms with E-state index in [1.54, 1.807) is 12.1 Å². The maximum absolute atomic E-state index is 13.1. The van der Waals surface area contributed by atoms with Gasteiger partial charge >= 0.3 is 0 Å². The van der Waals surface area contributed by atoms with E-state index >= 15 is 0 Å². The molecule has 1 aliphatic rings. The maximum atomic E-state index is 13.1. The molecule has 0 fully saturated rings. The predicted octanol–water partition coefficient (Wildman–Crippen LogP) is 3.15. The summed E-state index contributed by atoms with van der Waals surface area (Å²) >= 11 is 0. The van der Waals surface area contributed by atoms with Crippen LogP contribution >= 0.6 is 0 Å². The number of methoxy groups -OCH3 is 2. The van der Waals surface area contributed by atoms with Crippen LogP contribution in [0.1, 0.15) is 17.5 Å². The Kier molecular flexibility index (Phi) is 4.41. The molecule has 0 radical (unpaired) electrons. The first-order chi connectivity index (χ1) is 11.5. The van der Waals surface area contributed by atoms with Crippen LogP contribution in [0.5, 0.6) is 11.5 Å². The van der Waals surface area contributed by atoms with E-state index in [0.29, 0.717) is 18.0 Å². The normalized spacial score (nSPS) is 14.2. The van der Waals surface area contributed by atoms with Gasteiger partial charge in [0.05, 0.1) is 24.8 Å². The van der Waals surface area contributed by atoms with Gasteiger partial charge in [0.15, 0.2) is 11.5 Å². The average Bonchev–Trinajstić information content (AvgIpc) is 2.60. The zero-order valence-corrected chi connectivity index (χ0v) is 14.9. The summed E-state index contributed by atoms with van der Waals surface area (Å²) in [5.74, 6) is 0.908. The summed E-state index contributed by atoms with van der Waals surface area (Å²) in [7, 11) is -0.632. The van der Waals surface area contributed by atoms with Gasteiger partial charge in [-0.3, -0.25) is 4.31 Å². The van der Waals surface area contributed by atoms with Gasteiger partial charge < -0.3 is 9.47 Å². The van der Waals surface area contributed by atoms with E-state index in [1.807, 2.05) is 19.1 Å². The molecule has 0 unspecified atom stereocenters. The van der Waals surface area contributed by atoms with Crippen molar-refractivity contribution < 1.29 is 17.9 Å². The van der Waals surface area contributed by atoms with Gasteiger partial charge in [-0.05, 0) is 43.5 Å². The highest BCUT2D eigenvalue weighted by Crippen LogP contribution is 2.35. The Morgan fingerprint density at radius 1 is 1.00 bits per heavy atom. The lowest BCUT2D eigenvalue weighted by Gasteiger charge is -2.31. The summed E-state index contributed by atoms with van der Waals surface area (Å²) in [5, 5.41) is 0. The van der Waals surface area contributed by atoms with Gasteiger partial charge in [-0.2, -0.15) is 0 Å². The number of nitrogens with zero attached hydrogens (tertiary/aromatic N) is 1. The number of hydrogen-bond acceptors (Lipinski definition) is 4. The highest BCUT2D eigenvalue weighted by Gasteiger charge is 2.29. The second-order valence-electron chi connectivity index (χ2n) is 5.83. The van der Waals surface area contributed by atoms with Crippen molar-refractivity contribution in [3.8, 4) is 11.5 Å². The van der Waals surface area contributed by atoms with E-state index in [0.717, 1.165) is 29.7 Å². The molecule has 0 amide bonds. The summed E-state index contributed by atoms with van der Waals surface area (Å²) in [6.45, 7) is 2.49. The van der Waals surface area contributed by atoms with Gasteiger partial charge in [-0.25, -0.2) is 8.42 Å². The number of benzene rings is 2. The van der Waals surface area contributed by atoms with Gasteiger partial charge in [0.1, 0.15) is 0 Å². The summed E-state index contributed by atoms with van der Waals surface area (Å²) in [6.07, 6.45) is 1.71. The molecule has 24 heavy (non-hydrogen) atoms. The van der Waals surface area contributed by atoms with Crippen molar-refractivity contribution in [3.05, 3.63) is 47.5 Å². The number of rotatable bonds is 4. The standard InChI is InChI=1S/C18H21NO4S/c1-13-6-8-16-14(11-13)5-4-10-19(16)24(20,21)15-7-9-17(22-2)18(12-15)23-3/h6-9,11-12H,4-5,10H2,1-3H3. The Morgan fingerprint density at radius 2 is 1.75 bits per heavy atom. The second kappa shape index (κ2) is 6.36. The molecule has 0 spiro atoms. The van der Waals surface area contributed by atoms with Crippen molar-refractivity contribution in [3.63, 3.8) is 0 Å². The highest BCUT2D eigenvalue weighted by molar-refractivity contribution is 7.92. The zero-order chi connectivity index (χ0) is 17.3. The molecule has 0 N–H and O–H groups in total. The molecular weight excluding hydrogens is 326 g/mol. The number of hydrogen-bond donors (Lipinski definition) is 0. The van der Waals surface area contributed by atoms with Crippen LogP contribution in [0.3, 0.4) is 0 Å². The van der Waals surface area contributed by atoms with Crippen LogP contribution in [-0.2, 0) is 16.4 Å². The number of anilines is 1.